The Balaban J connectivity index is 0.964. The van der Waals surface area contributed by atoms with Crippen molar-refractivity contribution >= 4 is 11.9 Å². The molecule has 3 N–H and O–H groups in total. The number of hydrogen-bond donors (Lipinski definition) is 3. The average Bonchev–Trinajstić information content (AvgIpc) is 3.59. The summed E-state index contributed by atoms with van der Waals surface area (Å²) in [5.41, 5.74) is 4.25. The zero-order valence-electron chi connectivity index (χ0n) is 22.1. The minimum Gasteiger partial charge on any atom is -0.455 e. The van der Waals surface area contributed by atoms with E-state index >= 15 is 0 Å². The van der Waals surface area contributed by atoms with Crippen LogP contribution < -0.4 is 10.4 Å². The molecule has 1 aromatic rings. The molecule has 1 unspecified atom stereocenters. The molecule has 11 nitrogen and oxygen atoms in total. The predicted molar refractivity (Wildman–Crippen MR) is 133 cm³/mol. The van der Waals surface area contributed by atoms with Crippen LogP contribution in [0.2, 0.25) is 0 Å². The first-order chi connectivity index (χ1) is 18.9. The van der Waals surface area contributed by atoms with Crippen molar-refractivity contribution < 1.29 is 48.4 Å². The first-order valence-electron chi connectivity index (χ1n) is 13.9. The maximum atomic E-state index is 12.4. The van der Waals surface area contributed by atoms with Crippen molar-refractivity contribution in [3.8, 4) is 5.75 Å². The van der Waals surface area contributed by atoms with E-state index < -0.39 is 43.0 Å². The van der Waals surface area contributed by atoms with Gasteiger partial charge in [0.15, 0.2) is 6.10 Å². The van der Waals surface area contributed by atoms with Crippen LogP contribution in [0, 0.1) is 17.3 Å². The first kappa shape index (κ1) is 27.1. The molecule has 1 aromatic carbocycles. The summed E-state index contributed by atoms with van der Waals surface area (Å²) in [5.74, 6) is 0.905. The lowest BCUT2D eigenvalue weighted by molar-refractivity contribution is -0.183. The number of nitrogens with one attached hydrogen (secondary N) is 1. The third-order valence-corrected chi connectivity index (χ3v) is 9.77. The zero-order chi connectivity index (χ0) is 27.1. The number of carbonyl (C=O) groups is 2. The van der Waals surface area contributed by atoms with Gasteiger partial charge in [-0.15, -0.1) is 0 Å². The molecule has 9 atom stereocenters. The molecular weight excluding hydrogens is 510 g/mol. The van der Waals surface area contributed by atoms with E-state index in [-0.39, 0.29) is 31.3 Å². The summed E-state index contributed by atoms with van der Waals surface area (Å²) in [5, 5.41) is 19.3. The Labute approximate surface area is 226 Å². The van der Waals surface area contributed by atoms with Crippen molar-refractivity contribution in [2.45, 2.75) is 81.9 Å². The van der Waals surface area contributed by atoms with E-state index in [1.165, 1.54) is 11.1 Å². The molecule has 0 amide bonds. The Morgan fingerprint density at radius 2 is 1.82 bits per heavy atom. The minimum absolute atomic E-state index is 0.0498. The molecule has 6 rings (SSSR count). The first-order valence-corrected chi connectivity index (χ1v) is 13.9. The largest absolute Gasteiger partial charge is 0.455 e. The van der Waals surface area contributed by atoms with Gasteiger partial charge >= 0.3 is 11.9 Å². The van der Waals surface area contributed by atoms with E-state index in [1.54, 1.807) is 5.64 Å². The zero-order valence-corrected chi connectivity index (χ0v) is 22.1. The molecule has 4 fully saturated rings. The lowest BCUT2D eigenvalue weighted by Gasteiger charge is -2.50. The van der Waals surface area contributed by atoms with Crippen LogP contribution in [0.15, 0.2) is 18.2 Å². The summed E-state index contributed by atoms with van der Waals surface area (Å²) in [4.78, 5) is 29.5. The van der Waals surface area contributed by atoms with Crippen LogP contribution in [0.5, 0.6) is 5.75 Å². The topological polar surface area (TPSA) is 142 Å². The van der Waals surface area contributed by atoms with Crippen LogP contribution in [0.1, 0.15) is 56.1 Å². The monoisotopic (exact) mass is 547 g/mol. The molecule has 2 saturated heterocycles. The molecule has 39 heavy (non-hydrogen) atoms. The smallest absolute Gasteiger partial charge is 0.337 e. The normalized spacial score (nSPS) is 38.4. The van der Waals surface area contributed by atoms with Gasteiger partial charge in [-0.3, -0.25) is 10.0 Å². The number of esters is 2. The standard InChI is InChI=1S/C28H37NO10/c1-28-9-8-18-17-5-3-16(10-15(17)2-4-19(18)20(28)6-7-23(28)30)37-24(31)13-34-14-25(32)38-21-11-35-27-22(39-29-33)12-36-26(21)27/h3,5,10,18-23,26-27,29-30,33H,2,4,6-9,11-14H2,1H3/t18-,19-,20+,21+,22?,23+,26-,27-,28+/m1/s1. The van der Waals surface area contributed by atoms with E-state index in [1.807, 2.05) is 12.1 Å². The molecule has 11 heteroatoms. The molecule has 214 valence electrons. The molecule has 0 radical (unpaired) electrons. The fourth-order valence-corrected chi connectivity index (χ4v) is 7.88. The third kappa shape index (κ3) is 5.10. The Kier molecular flexibility index (Phi) is 7.66. The van der Waals surface area contributed by atoms with Crippen molar-refractivity contribution in [1.29, 1.82) is 0 Å². The minimum atomic E-state index is -0.646. The van der Waals surface area contributed by atoms with Gasteiger partial charge in [0.25, 0.3) is 0 Å². The van der Waals surface area contributed by atoms with Crippen LogP contribution in [-0.2, 0) is 39.8 Å². The van der Waals surface area contributed by atoms with Gasteiger partial charge in [-0.1, -0.05) is 18.6 Å². The van der Waals surface area contributed by atoms with Crippen molar-refractivity contribution in [3.05, 3.63) is 29.3 Å². The van der Waals surface area contributed by atoms with Gasteiger partial charge < -0.3 is 28.8 Å². The number of carbonyl (C=O) groups excluding carboxylic acids is 2. The summed E-state index contributed by atoms with van der Waals surface area (Å²) in [6.07, 6.45) is 3.90. The Hall–Kier alpha value is -2.12. The van der Waals surface area contributed by atoms with Crippen LogP contribution in [0.4, 0.5) is 0 Å². The van der Waals surface area contributed by atoms with Gasteiger partial charge in [0, 0.05) is 0 Å². The van der Waals surface area contributed by atoms with Gasteiger partial charge in [0.1, 0.15) is 37.3 Å². The SMILES string of the molecule is C[C@]12CC[C@@H]3c4ccc(OC(=O)COCC(=O)O[C@H]5CO[C@@H]6C(ONO)CO[C@H]56)cc4CC[C@H]3[C@@H]1CC[C@@H]2O. The van der Waals surface area contributed by atoms with Crippen LogP contribution in [0.3, 0.4) is 0 Å². The number of benzene rings is 1. The molecular formula is C28H37NO10. The number of aliphatic hydroxyl groups is 1. The molecule has 5 aliphatic rings. The Morgan fingerprint density at radius 1 is 1.05 bits per heavy atom. The van der Waals surface area contributed by atoms with Gasteiger partial charge in [0.2, 0.25) is 0 Å². The van der Waals surface area contributed by atoms with Crippen molar-refractivity contribution in [2.24, 2.45) is 17.3 Å². The summed E-state index contributed by atoms with van der Waals surface area (Å²) >= 11 is 0. The summed E-state index contributed by atoms with van der Waals surface area (Å²) in [7, 11) is 0. The van der Waals surface area contributed by atoms with E-state index in [4.69, 9.17) is 33.7 Å². The maximum Gasteiger partial charge on any atom is 0.337 e. The number of aliphatic hydroxyl groups excluding tert-OH is 1. The lowest BCUT2D eigenvalue weighted by atomic mass is 9.55. The lowest BCUT2D eigenvalue weighted by Crippen LogP contribution is -2.43. The third-order valence-electron chi connectivity index (χ3n) is 9.77. The number of rotatable bonds is 8. The second-order valence-corrected chi connectivity index (χ2v) is 11.8. The van der Waals surface area contributed by atoms with Crippen LogP contribution >= 0.6 is 0 Å². The number of fused-ring (bicyclic) bond motifs is 6. The van der Waals surface area contributed by atoms with Gasteiger partial charge in [-0.25, -0.2) is 9.59 Å². The van der Waals surface area contributed by atoms with Crippen molar-refractivity contribution in [1.82, 2.24) is 5.64 Å². The molecule has 0 spiro atoms. The van der Waals surface area contributed by atoms with Crippen LogP contribution in [-0.4, -0.2) is 79.2 Å². The molecule has 2 saturated carbocycles. The maximum absolute atomic E-state index is 12.4. The molecule has 3 aliphatic carbocycles. The fourth-order valence-electron chi connectivity index (χ4n) is 7.88. The van der Waals surface area contributed by atoms with E-state index in [9.17, 15) is 14.7 Å². The average molecular weight is 548 g/mol. The van der Waals surface area contributed by atoms with Crippen molar-refractivity contribution in [3.63, 3.8) is 0 Å². The molecule has 0 aromatic heterocycles. The molecule has 0 bridgehead atoms. The molecule has 2 heterocycles. The number of ether oxygens (including phenoxy) is 5. The van der Waals surface area contributed by atoms with E-state index in [2.05, 4.69) is 13.0 Å². The summed E-state index contributed by atoms with van der Waals surface area (Å²) in [6, 6.07) is 5.89. The highest BCUT2D eigenvalue weighted by molar-refractivity contribution is 5.75. The molecule has 2 aliphatic heterocycles. The quantitative estimate of drug-likeness (QED) is 0.249. The summed E-state index contributed by atoms with van der Waals surface area (Å²) < 4.78 is 27.2. The Morgan fingerprint density at radius 3 is 2.64 bits per heavy atom. The highest BCUT2D eigenvalue weighted by Gasteiger charge is 2.54. The van der Waals surface area contributed by atoms with Crippen molar-refractivity contribution in [2.75, 3.05) is 26.4 Å². The second kappa shape index (κ2) is 11.0. The van der Waals surface area contributed by atoms with E-state index in [0.717, 1.165) is 38.5 Å². The predicted octanol–water partition coefficient (Wildman–Crippen LogP) is 1.81. The van der Waals surface area contributed by atoms with E-state index in [0.29, 0.717) is 23.5 Å². The Bertz CT molecular complexity index is 1080. The highest BCUT2D eigenvalue weighted by atomic mass is 16.9. The fraction of sp³-hybridized carbons (Fsp3) is 0.714. The highest BCUT2D eigenvalue weighted by Crippen LogP contribution is 2.60. The van der Waals surface area contributed by atoms with Crippen LogP contribution in [0.25, 0.3) is 0 Å². The van der Waals surface area contributed by atoms with Gasteiger partial charge in [-0.2, -0.15) is 0 Å². The second-order valence-electron chi connectivity index (χ2n) is 11.8. The number of hydrogen-bond acceptors (Lipinski definition) is 11. The number of aryl methyl sites for hydroxylation is 1. The van der Waals surface area contributed by atoms with Gasteiger partial charge in [0.05, 0.1) is 19.3 Å². The summed E-state index contributed by atoms with van der Waals surface area (Å²) in [6.45, 7) is 1.80. The van der Waals surface area contributed by atoms with Gasteiger partial charge in [-0.05, 0) is 85.0 Å².